The fraction of sp³-hybridized carbons (Fsp3) is 0.407. The summed E-state index contributed by atoms with van der Waals surface area (Å²) in [5.74, 6) is -1.25. The summed E-state index contributed by atoms with van der Waals surface area (Å²) in [6.07, 6.45) is 3.34. The number of anilines is 2. The van der Waals surface area contributed by atoms with Crippen LogP contribution in [-0.2, 0) is 32.3 Å². The highest BCUT2D eigenvalue weighted by molar-refractivity contribution is 7.51. The van der Waals surface area contributed by atoms with Crippen LogP contribution in [0, 0.1) is 18.8 Å². The number of rotatable bonds is 20. The lowest BCUT2D eigenvalue weighted by Crippen LogP contribution is -2.58. The molecule has 0 spiro atoms. The largest absolute Gasteiger partial charge is 0.408 e. The third kappa shape index (κ3) is 11.5. The van der Waals surface area contributed by atoms with Gasteiger partial charge in [0.1, 0.15) is 47.0 Å². The number of methoxy groups -OCH3 is 1. The average Bonchev–Trinajstić information content (AvgIpc) is 4.03. The highest BCUT2D eigenvalue weighted by atomic mass is 31.2. The van der Waals surface area contributed by atoms with Crippen molar-refractivity contribution in [3.05, 3.63) is 167 Å². The zero-order valence-electron chi connectivity index (χ0n) is 47.1. The summed E-state index contributed by atoms with van der Waals surface area (Å²) in [7, 11) is -2.74. The Morgan fingerprint density at radius 1 is 0.805 bits per heavy atom. The summed E-state index contributed by atoms with van der Waals surface area (Å²) in [4.78, 5) is 58.3. The summed E-state index contributed by atoms with van der Waals surface area (Å²) in [5, 5.41) is 8.40. The third-order valence-corrected chi connectivity index (χ3v) is 25.3. The minimum absolute atomic E-state index is 0.0133. The van der Waals surface area contributed by atoms with Crippen molar-refractivity contribution in [1.29, 1.82) is 0 Å². The number of aromatic nitrogens is 6. The van der Waals surface area contributed by atoms with E-state index in [2.05, 4.69) is 97.5 Å². The molecule has 7 aromatic rings. The topological polar surface area (TPSA) is 216 Å². The number of benzene rings is 4. The van der Waals surface area contributed by atoms with E-state index >= 15 is 4.57 Å². The third-order valence-electron chi connectivity index (χ3n) is 16.6. The molecule has 3 aromatic heterocycles. The SMILES string of the molecule is CC[C@H]1O[C@@H](n2cc(C)c(NC(=O)c3ccccc3)nc2=O)[C@@H](C)C1OP(=O)(OC[C@H]1O[C@@H](n2cnc3c(NC(=O)c4ccccc4)ncnc32)[C@@H](OC)C1C[P@@]1O[C@H](C[Si](C)(c2ccccc2)c2ccccc2)[C@@H]2CCCN21)N(C)C. The van der Waals surface area contributed by atoms with Gasteiger partial charge in [-0.05, 0) is 70.6 Å². The van der Waals surface area contributed by atoms with Crippen molar-refractivity contribution in [2.75, 3.05) is 51.2 Å². The molecule has 4 fully saturated rings. The van der Waals surface area contributed by atoms with Crippen LogP contribution >= 0.6 is 16.0 Å². The lowest BCUT2D eigenvalue weighted by atomic mass is 10.0. The van der Waals surface area contributed by atoms with Crippen LogP contribution in [0.25, 0.3) is 11.2 Å². The molecule has 0 bridgehead atoms. The lowest BCUT2D eigenvalue weighted by Gasteiger charge is -2.32. The van der Waals surface area contributed by atoms with Gasteiger partial charge in [-0.25, -0.2) is 29.0 Å². The summed E-state index contributed by atoms with van der Waals surface area (Å²) < 4.78 is 63.6. The van der Waals surface area contributed by atoms with Crippen molar-refractivity contribution >= 4 is 69.1 Å². The van der Waals surface area contributed by atoms with Gasteiger partial charge in [0.05, 0.1) is 31.2 Å². The Morgan fingerprint density at radius 2 is 1.41 bits per heavy atom. The first-order valence-corrected chi connectivity index (χ1v) is 33.5. The maximum atomic E-state index is 15.5. The normalized spacial score (nSPS) is 26.3. The van der Waals surface area contributed by atoms with Crippen LogP contribution in [0.15, 0.2) is 145 Å². The second-order valence-electron chi connectivity index (χ2n) is 21.9. The first kappa shape index (κ1) is 57.6. The Labute approximate surface area is 479 Å². The second kappa shape index (κ2) is 24.6. The zero-order chi connectivity index (χ0) is 57.3. The molecule has 82 heavy (non-hydrogen) atoms. The molecule has 2 N–H and O–H groups in total. The maximum Gasteiger partial charge on any atom is 0.408 e. The van der Waals surface area contributed by atoms with Gasteiger partial charge in [-0.15, -0.1) is 0 Å². The highest BCUT2D eigenvalue weighted by Gasteiger charge is 2.55. The molecule has 0 radical (unpaired) electrons. The molecule has 4 aliphatic rings. The molecule has 7 heterocycles. The van der Waals surface area contributed by atoms with E-state index in [0.717, 1.165) is 25.4 Å². The molecule has 0 aliphatic carbocycles. The summed E-state index contributed by atoms with van der Waals surface area (Å²) in [5.41, 5.74) is 1.57. The number of nitrogens with zero attached hydrogens (tertiary/aromatic N) is 8. The van der Waals surface area contributed by atoms with Crippen molar-refractivity contribution < 1.29 is 41.9 Å². The van der Waals surface area contributed by atoms with Crippen LogP contribution in [0.3, 0.4) is 0 Å². The van der Waals surface area contributed by atoms with Crippen LogP contribution < -0.4 is 26.7 Å². The Hall–Kier alpha value is -6.19. The van der Waals surface area contributed by atoms with Gasteiger partial charge in [-0.2, -0.15) is 4.98 Å². The van der Waals surface area contributed by atoms with Crippen molar-refractivity contribution in [2.24, 2.45) is 11.8 Å². The number of fused-ring (bicyclic) bond motifs is 2. The van der Waals surface area contributed by atoms with Crippen LogP contribution in [-0.4, -0.2) is 135 Å². The number of nitrogens with one attached hydrogen (secondary N) is 2. The first-order valence-electron chi connectivity index (χ1n) is 27.9. The van der Waals surface area contributed by atoms with E-state index in [9.17, 15) is 14.4 Å². The molecule has 11 rings (SSSR count). The Balaban J connectivity index is 0.873. The fourth-order valence-electron chi connectivity index (χ4n) is 12.1. The van der Waals surface area contributed by atoms with Crippen molar-refractivity contribution in [3.8, 4) is 0 Å². The van der Waals surface area contributed by atoms with E-state index in [4.69, 9.17) is 32.8 Å². The quantitative estimate of drug-likeness (QED) is 0.0540. The van der Waals surface area contributed by atoms with E-state index in [1.165, 1.54) is 25.9 Å². The fourth-order valence-corrected chi connectivity index (χ4v) is 20.2. The number of carbonyl (C=O) groups is 2. The van der Waals surface area contributed by atoms with Gasteiger partial charge >= 0.3 is 13.4 Å². The molecule has 20 nitrogen and oxygen atoms in total. The van der Waals surface area contributed by atoms with Gasteiger partial charge in [0.25, 0.3) is 11.8 Å². The van der Waals surface area contributed by atoms with Gasteiger partial charge in [-0.3, -0.25) is 32.4 Å². The molecule has 4 saturated heterocycles. The molecule has 4 aliphatic heterocycles. The number of imidazole rings is 1. The molecular weight excluding hydrogens is 1100 g/mol. The Bertz CT molecular complexity index is 3440. The minimum atomic E-state index is -4.17. The van der Waals surface area contributed by atoms with Crippen molar-refractivity contribution in [3.63, 3.8) is 0 Å². The van der Waals surface area contributed by atoms with E-state index in [1.54, 1.807) is 93.8 Å². The van der Waals surface area contributed by atoms with Crippen LogP contribution in [0.1, 0.15) is 71.8 Å². The molecule has 430 valence electrons. The number of ether oxygens (including phenoxy) is 3. The number of amides is 2. The standard InChI is InChI=1S/C59H70N10O10P2Si/c1-8-46-50(39(3)57(76-46)67-32-38(2)52(65-59(67)72)63-55(70)40-22-13-9-14-23-40)79-81(73,66(4)5)75-33-47-44(51(74-6)58(77-47)68-37-62-49-53(60-36-61-54(49)68)64-56(71)41-24-15-10-16-25-41)34-80-69-31-21-30-45(69)48(78-80)35-82(7,42-26-17-11-18-27-42)43-28-19-12-20-29-43/h9-20,22-29,32,36-37,39,44-48,50-51,57-58H,8,21,30-31,33-35H2,1-7H3,(H,60,61,64,71)(H,63,65,70,72)/t39-,44?,45-,46+,47+,48+,50?,51-,57+,58+,80+,81?/m0/s1. The number of aryl methyl sites for hydroxylation is 1. The van der Waals surface area contributed by atoms with Crippen molar-refractivity contribution in [1.82, 2.24) is 38.4 Å². The van der Waals surface area contributed by atoms with Crippen molar-refractivity contribution in [2.45, 2.75) is 102 Å². The van der Waals surface area contributed by atoms with Gasteiger partial charge in [-0.1, -0.05) is 128 Å². The number of carbonyl (C=O) groups excluding carboxylic acids is 2. The number of hydrogen-bond acceptors (Lipinski definition) is 15. The zero-order valence-corrected chi connectivity index (χ0v) is 49.8. The van der Waals surface area contributed by atoms with E-state index < -0.39 is 78.5 Å². The second-order valence-corrected chi connectivity index (χ2v) is 30.1. The van der Waals surface area contributed by atoms with Crippen LogP contribution in [0.2, 0.25) is 12.6 Å². The average molecular weight is 1170 g/mol. The van der Waals surface area contributed by atoms with Gasteiger partial charge in [0.15, 0.2) is 23.2 Å². The molecule has 3 unspecified atom stereocenters. The lowest BCUT2D eigenvalue weighted by molar-refractivity contribution is -0.0593. The highest BCUT2D eigenvalue weighted by Crippen LogP contribution is 2.60. The van der Waals surface area contributed by atoms with Gasteiger partial charge < -0.3 is 29.4 Å². The Kier molecular flexibility index (Phi) is 17.3. The molecule has 4 aromatic carbocycles. The van der Waals surface area contributed by atoms with Gasteiger partial charge in [0.2, 0.25) is 0 Å². The summed E-state index contributed by atoms with van der Waals surface area (Å²) in [6, 6.07) is 40.5. The predicted molar refractivity (Wildman–Crippen MR) is 316 cm³/mol. The van der Waals surface area contributed by atoms with E-state index in [0.29, 0.717) is 40.4 Å². The monoisotopic (exact) mass is 1170 g/mol. The van der Waals surface area contributed by atoms with Crippen LogP contribution in [0.5, 0.6) is 0 Å². The molecule has 12 atom stereocenters. The van der Waals surface area contributed by atoms with Crippen LogP contribution in [0.4, 0.5) is 11.6 Å². The van der Waals surface area contributed by atoms with E-state index in [-0.39, 0.29) is 42.2 Å². The summed E-state index contributed by atoms with van der Waals surface area (Å²) in [6.45, 7) is 8.77. The maximum absolute atomic E-state index is 15.5. The molecular formula is C59H70N10O10P2Si. The van der Waals surface area contributed by atoms with Gasteiger partial charge in [0, 0.05) is 60.6 Å². The Morgan fingerprint density at radius 3 is 2.02 bits per heavy atom. The molecule has 0 saturated carbocycles. The number of hydrogen-bond donors (Lipinski definition) is 2. The first-order chi connectivity index (χ1) is 39.7. The smallest absolute Gasteiger partial charge is 0.376 e. The van der Waals surface area contributed by atoms with E-state index in [1.807, 2.05) is 26.0 Å². The predicted octanol–water partition coefficient (Wildman–Crippen LogP) is 8.51. The molecule has 2 amide bonds. The molecule has 23 heteroatoms. The minimum Gasteiger partial charge on any atom is -0.376 e. The summed E-state index contributed by atoms with van der Waals surface area (Å²) >= 11 is 0.